The summed E-state index contributed by atoms with van der Waals surface area (Å²) in [6.07, 6.45) is 0.704. The summed E-state index contributed by atoms with van der Waals surface area (Å²) >= 11 is 0. The molecule has 1 fully saturated rings. The molecule has 1 rings (SSSR count). The first-order valence-electron chi connectivity index (χ1n) is 6.56. The van der Waals surface area contributed by atoms with Gasteiger partial charge in [0.2, 0.25) is 0 Å². The van der Waals surface area contributed by atoms with Gasteiger partial charge in [0, 0.05) is 5.41 Å². The minimum absolute atomic E-state index is 0.355. The summed E-state index contributed by atoms with van der Waals surface area (Å²) in [5.74, 6) is -1.72. The third-order valence-electron chi connectivity index (χ3n) is 4.16. The van der Waals surface area contributed by atoms with Gasteiger partial charge in [-0.2, -0.15) is 0 Å². The van der Waals surface area contributed by atoms with Crippen molar-refractivity contribution in [3.63, 3.8) is 0 Å². The quantitative estimate of drug-likeness (QED) is 0.573. The van der Waals surface area contributed by atoms with E-state index in [9.17, 15) is 9.59 Å². The molecule has 1 saturated heterocycles. The van der Waals surface area contributed by atoms with Crippen LogP contribution in [0.15, 0.2) is 0 Å². The van der Waals surface area contributed by atoms with Gasteiger partial charge in [-0.3, -0.25) is 9.59 Å². The first-order chi connectivity index (χ1) is 8.15. The maximum absolute atomic E-state index is 12.1. The minimum atomic E-state index is -0.814. The van der Waals surface area contributed by atoms with Crippen LogP contribution in [-0.2, 0) is 19.1 Å². The van der Waals surface area contributed by atoms with Crippen molar-refractivity contribution >= 4 is 11.9 Å². The van der Waals surface area contributed by atoms with Gasteiger partial charge in [0.15, 0.2) is 5.92 Å². The SMILES string of the molecule is CCC(C)(C)C1OC(=O)C(C(C)(C)CC)C(=O)O1. The summed E-state index contributed by atoms with van der Waals surface area (Å²) in [4.78, 5) is 24.1. The Morgan fingerprint density at radius 2 is 1.28 bits per heavy atom. The summed E-state index contributed by atoms with van der Waals surface area (Å²) in [7, 11) is 0. The lowest BCUT2D eigenvalue weighted by molar-refractivity contribution is -0.238. The average Bonchev–Trinajstić information content (AvgIpc) is 2.27. The lowest BCUT2D eigenvalue weighted by Gasteiger charge is -2.40. The highest BCUT2D eigenvalue weighted by Crippen LogP contribution is 2.39. The summed E-state index contributed by atoms with van der Waals surface area (Å²) in [5.41, 5.74) is -0.790. The summed E-state index contributed by atoms with van der Waals surface area (Å²) in [6, 6.07) is 0. The van der Waals surface area contributed by atoms with E-state index < -0.39 is 29.6 Å². The first-order valence-corrected chi connectivity index (χ1v) is 6.56. The fourth-order valence-corrected chi connectivity index (χ4v) is 1.80. The lowest BCUT2D eigenvalue weighted by atomic mass is 9.76. The van der Waals surface area contributed by atoms with Crippen LogP contribution in [0.2, 0.25) is 0 Å². The Balaban J connectivity index is 2.91. The van der Waals surface area contributed by atoms with Crippen molar-refractivity contribution in [3.05, 3.63) is 0 Å². The average molecular weight is 256 g/mol. The Hall–Kier alpha value is -1.06. The fraction of sp³-hybridized carbons (Fsp3) is 0.857. The molecule has 0 aromatic heterocycles. The van der Waals surface area contributed by atoms with Gasteiger partial charge in [0.1, 0.15) is 0 Å². The second-order valence-corrected chi connectivity index (χ2v) is 6.32. The Morgan fingerprint density at radius 1 is 0.889 bits per heavy atom. The molecule has 4 heteroatoms. The predicted octanol–water partition coefficient (Wildman–Crippen LogP) is 2.90. The summed E-state index contributed by atoms with van der Waals surface area (Å²) in [6.45, 7) is 11.5. The minimum Gasteiger partial charge on any atom is -0.424 e. The molecular weight excluding hydrogens is 232 g/mol. The van der Waals surface area contributed by atoms with E-state index in [2.05, 4.69) is 0 Å². The maximum atomic E-state index is 12.1. The number of hydrogen-bond acceptors (Lipinski definition) is 4. The van der Waals surface area contributed by atoms with Crippen LogP contribution in [0.5, 0.6) is 0 Å². The molecule has 0 N–H and O–H groups in total. The van der Waals surface area contributed by atoms with Gasteiger partial charge < -0.3 is 9.47 Å². The molecule has 0 spiro atoms. The van der Waals surface area contributed by atoms with Gasteiger partial charge in [-0.1, -0.05) is 41.5 Å². The molecule has 0 bridgehead atoms. The predicted molar refractivity (Wildman–Crippen MR) is 67.6 cm³/mol. The normalized spacial score (nSPS) is 25.7. The number of esters is 2. The topological polar surface area (TPSA) is 52.6 Å². The van der Waals surface area contributed by atoms with E-state index >= 15 is 0 Å². The molecule has 1 aliphatic rings. The number of hydrogen-bond donors (Lipinski definition) is 0. The van der Waals surface area contributed by atoms with Crippen molar-refractivity contribution in [3.8, 4) is 0 Å². The molecule has 0 aliphatic carbocycles. The summed E-state index contributed by atoms with van der Waals surface area (Å²) < 4.78 is 10.7. The zero-order valence-corrected chi connectivity index (χ0v) is 12.2. The number of cyclic esters (lactones) is 2. The third-order valence-corrected chi connectivity index (χ3v) is 4.16. The van der Waals surface area contributed by atoms with Crippen LogP contribution in [0.1, 0.15) is 54.4 Å². The van der Waals surface area contributed by atoms with Crippen molar-refractivity contribution < 1.29 is 19.1 Å². The molecule has 0 aromatic carbocycles. The second kappa shape index (κ2) is 4.90. The standard InChI is InChI=1S/C14H24O4/c1-7-13(3,4)9-10(15)17-12(18-11(9)16)14(5,6)8-2/h9,12H,7-8H2,1-6H3. The Morgan fingerprint density at radius 3 is 1.61 bits per heavy atom. The van der Waals surface area contributed by atoms with Crippen molar-refractivity contribution in [2.75, 3.05) is 0 Å². The Kier molecular flexibility index (Phi) is 4.08. The molecule has 1 aliphatic heterocycles. The van der Waals surface area contributed by atoms with Crippen molar-refractivity contribution in [1.82, 2.24) is 0 Å². The molecule has 0 amide bonds. The van der Waals surface area contributed by atoms with Gasteiger partial charge in [0.05, 0.1) is 0 Å². The number of rotatable bonds is 4. The van der Waals surface area contributed by atoms with Crippen LogP contribution in [0.3, 0.4) is 0 Å². The van der Waals surface area contributed by atoms with E-state index in [1.165, 1.54) is 0 Å². The largest absolute Gasteiger partial charge is 0.424 e. The Bertz CT molecular complexity index is 326. The number of carbonyl (C=O) groups is 2. The number of ether oxygens (including phenoxy) is 2. The molecule has 104 valence electrons. The van der Waals surface area contributed by atoms with Gasteiger partial charge in [0.25, 0.3) is 6.29 Å². The van der Waals surface area contributed by atoms with E-state index in [0.29, 0.717) is 6.42 Å². The highest BCUT2D eigenvalue weighted by Gasteiger charge is 2.50. The van der Waals surface area contributed by atoms with Gasteiger partial charge in [-0.25, -0.2) is 0 Å². The van der Waals surface area contributed by atoms with Gasteiger partial charge in [-0.05, 0) is 18.3 Å². The fourth-order valence-electron chi connectivity index (χ4n) is 1.80. The van der Waals surface area contributed by atoms with Crippen LogP contribution >= 0.6 is 0 Å². The van der Waals surface area contributed by atoms with Gasteiger partial charge >= 0.3 is 11.9 Å². The molecule has 0 aromatic rings. The summed E-state index contributed by atoms with van der Waals surface area (Å²) in [5, 5.41) is 0. The molecule has 4 nitrogen and oxygen atoms in total. The zero-order valence-electron chi connectivity index (χ0n) is 12.2. The van der Waals surface area contributed by atoms with E-state index in [1.54, 1.807) is 0 Å². The Labute approximate surface area is 109 Å². The van der Waals surface area contributed by atoms with E-state index in [0.717, 1.165) is 6.42 Å². The van der Waals surface area contributed by atoms with Crippen molar-refractivity contribution in [2.24, 2.45) is 16.7 Å². The molecule has 1 heterocycles. The van der Waals surface area contributed by atoms with Crippen LogP contribution in [0.4, 0.5) is 0 Å². The van der Waals surface area contributed by atoms with Crippen molar-refractivity contribution in [1.29, 1.82) is 0 Å². The molecule has 18 heavy (non-hydrogen) atoms. The van der Waals surface area contributed by atoms with Crippen LogP contribution in [-0.4, -0.2) is 18.2 Å². The zero-order chi connectivity index (χ0) is 14.1. The molecule has 0 saturated carbocycles. The van der Waals surface area contributed by atoms with E-state index in [1.807, 2.05) is 41.5 Å². The molecule has 0 unspecified atom stereocenters. The monoisotopic (exact) mass is 256 g/mol. The first kappa shape index (κ1) is 15.0. The molecule has 0 radical (unpaired) electrons. The molecule has 0 atom stereocenters. The van der Waals surface area contributed by atoms with E-state index in [-0.39, 0.29) is 5.41 Å². The third kappa shape index (κ3) is 2.68. The van der Waals surface area contributed by atoms with Gasteiger partial charge in [-0.15, -0.1) is 0 Å². The van der Waals surface area contributed by atoms with Crippen LogP contribution in [0.25, 0.3) is 0 Å². The highest BCUT2D eigenvalue weighted by molar-refractivity contribution is 5.97. The van der Waals surface area contributed by atoms with Crippen LogP contribution < -0.4 is 0 Å². The smallest absolute Gasteiger partial charge is 0.323 e. The van der Waals surface area contributed by atoms with Crippen LogP contribution in [0, 0.1) is 16.7 Å². The maximum Gasteiger partial charge on any atom is 0.323 e. The molecular formula is C14H24O4. The second-order valence-electron chi connectivity index (χ2n) is 6.32. The lowest BCUT2D eigenvalue weighted by Crippen LogP contribution is -2.51. The van der Waals surface area contributed by atoms with Crippen molar-refractivity contribution in [2.45, 2.75) is 60.7 Å². The van der Waals surface area contributed by atoms with E-state index in [4.69, 9.17) is 9.47 Å². The number of carbonyl (C=O) groups excluding carboxylic acids is 2. The highest BCUT2D eigenvalue weighted by atomic mass is 16.7.